The van der Waals surface area contributed by atoms with E-state index in [0.717, 1.165) is 24.9 Å². The van der Waals surface area contributed by atoms with Crippen molar-refractivity contribution in [1.82, 2.24) is 10.0 Å². The molecule has 1 unspecified atom stereocenters. The van der Waals surface area contributed by atoms with Gasteiger partial charge in [0, 0.05) is 12.6 Å². The van der Waals surface area contributed by atoms with Crippen LogP contribution in [0, 0.1) is 0 Å². The van der Waals surface area contributed by atoms with E-state index in [1.807, 2.05) is 12.1 Å². The molecule has 5 heteroatoms. The minimum atomic E-state index is -3.34. The van der Waals surface area contributed by atoms with Crippen molar-refractivity contribution >= 4 is 10.0 Å². The van der Waals surface area contributed by atoms with Gasteiger partial charge in [-0.25, -0.2) is 13.1 Å². The standard InChI is InChI=1S/C14H24N2O2S/c1-4-10-15-12(3)11-13-6-8-14(9-7-13)19(17,18)16-5-2/h6-9,12,15-16H,4-5,10-11H2,1-3H3. The minimum absolute atomic E-state index is 0.326. The molecule has 0 saturated carbocycles. The average Bonchev–Trinajstić information content (AvgIpc) is 2.37. The van der Waals surface area contributed by atoms with Crippen molar-refractivity contribution in [2.75, 3.05) is 13.1 Å². The van der Waals surface area contributed by atoms with Crippen molar-refractivity contribution in [2.24, 2.45) is 0 Å². The maximum atomic E-state index is 11.8. The Bertz CT molecular complexity index is 469. The first kappa shape index (κ1) is 16.1. The molecule has 19 heavy (non-hydrogen) atoms. The van der Waals surface area contributed by atoms with E-state index in [4.69, 9.17) is 0 Å². The van der Waals surface area contributed by atoms with E-state index >= 15 is 0 Å². The molecule has 0 amide bonds. The number of nitrogens with one attached hydrogen (secondary N) is 2. The summed E-state index contributed by atoms with van der Waals surface area (Å²) in [6.45, 7) is 7.46. The van der Waals surface area contributed by atoms with E-state index < -0.39 is 10.0 Å². The molecule has 0 saturated heterocycles. The van der Waals surface area contributed by atoms with Gasteiger partial charge in [-0.05, 0) is 44.0 Å². The Morgan fingerprint density at radius 2 is 1.79 bits per heavy atom. The molecule has 1 rings (SSSR count). The first-order valence-electron chi connectivity index (χ1n) is 6.81. The van der Waals surface area contributed by atoms with Crippen LogP contribution in [0.1, 0.15) is 32.8 Å². The molecule has 1 atom stereocenters. The second-order valence-corrected chi connectivity index (χ2v) is 6.47. The molecule has 0 aromatic heterocycles. The molecule has 1 aromatic carbocycles. The maximum absolute atomic E-state index is 11.8. The highest BCUT2D eigenvalue weighted by Gasteiger charge is 2.12. The Morgan fingerprint density at radius 1 is 1.16 bits per heavy atom. The number of rotatable bonds is 8. The Morgan fingerprint density at radius 3 is 2.32 bits per heavy atom. The van der Waals surface area contributed by atoms with Crippen LogP contribution in [0.15, 0.2) is 29.2 Å². The molecule has 0 aliphatic heterocycles. The highest BCUT2D eigenvalue weighted by molar-refractivity contribution is 7.89. The molecular formula is C14H24N2O2S. The van der Waals surface area contributed by atoms with Crippen LogP contribution in [-0.4, -0.2) is 27.5 Å². The van der Waals surface area contributed by atoms with Crippen molar-refractivity contribution < 1.29 is 8.42 Å². The maximum Gasteiger partial charge on any atom is 0.240 e. The lowest BCUT2D eigenvalue weighted by Crippen LogP contribution is -2.28. The molecule has 0 fully saturated rings. The van der Waals surface area contributed by atoms with E-state index in [1.165, 1.54) is 0 Å². The third-order valence-electron chi connectivity index (χ3n) is 2.85. The Balaban J connectivity index is 2.66. The zero-order chi connectivity index (χ0) is 14.3. The Hall–Kier alpha value is -0.910. The molecule has 0 aliphatic carbocycles. The molecule has 108 valence electrons. The van der Waals surface area contributed by atoms with E-state index in [9.17, 15) is 8.42 Å². The van der Waals surface area contributed by atoms with Crippen LogP contribution >= 0.6 is 0 Å². The largest absolute Gasteiger partial charge is 0.314 e. The quantitative estimate of drug-likeness (QED) is 0.767. The summed E-state index contributed by atoms with van der Waals surface area (Å²) in [4.78, 5) is 0.326. The summed E-state index contributed by atoms with van der Waals surface area (Å²) in [6, 6.07) is 7.50. The fourth-order valence-corrected chi connectivity index (χ4v) is 2.94. The summed E-state index contributed by atoms with van der Waals surface area (Å²) < 4.78 is 26.1. The van der Waals surface area contributed by atoms with Gasteiger partial charge in [-0.3, -0.25) is 0 Å². The van der Waals surface area contributed by atoms with E-state index in [-0.39, 0.29) is 0 Å². The molecule has 2 N–H and O–H groups in total. The zero-order valence-corrected chi connectivity index (χ0v) is 12.8. The van der Waals surface area contributed by atoms with Crippen LogP contribution in [0.2, 0.25) is 0 Å². The number of hydrogen-bond donors (Lipinski definition) is 2. The molecule has 1 aromatic rings. The molecule has 4 nitrogen and oxygen atoms in total. The smallest absolute Gasteiger partial charge is 0.240 e. The first-order valence-corrected chi connectivity index (χ1v) is 8.30. The van der Waals surface area contributed by atoms with Crippen LogP contribution in [0.5, 0.6) is 0 Å². The Kier molecular flexibility index (Phi) is 6.48. The summed E-state index contributed by atoms with van der Waals surface area (Å²) in [7, 11) is -3.34. The van der Waals surface area contributed by atoms with Gasteiger partial charge < -0.3 is 5.32 Å². The van der Waals surface area contributed by atoms with Crippen LogP contribution in [-0.2, 0) is 16.4 Å². The van der Waals surface area contributed by atoms with Gasteiger partial charge in [-0.2, -0.15) is 0 Å². The molecule has 0 aliphatic rings. The average molecular weight is 284 g/mol. The third-order valence-corrected chi connectivity index (χ3v) is 4.41. The molecular weight excluding hydrogens is 260 g/mol. The number of sulfonamides is 1. The fourth-order valence-electron chi connectivity index (χ4n) is 1.89. The molecule has 0 heterocycles. The van der Waals surface area contributed by atoms with Crippen LogP contribution in [0.4, 0.5) is 0 Å². The van der Waals surface area contributed by atoms with Gasteiger partial charge in [-0.1, -0.05) is 26.0 Å². The van der Waals surface area contributed by atoms with Gasteiger partial charge in [0.25, 0.3) is 0 Å². The van der Waals surface area contributed by atoms with Gasteiger partial charge in [0.15, 0.2) is 0 Å². The lowest BCUT2D eigenvalue weighted by atomic mass is 10.1. The second-order valence-electron chi connectivity index (χ2n) is 4.70. The lowest BCUT2D eigenvalue weighted by Gasteiger charge is -2.13. The predicted molar refractivity (Wildman–Crippen MR) is 78.8 cm³/mol. The molecule has 0 spiro atoms. The monoisotopic (exact) mass is 284 g/mol. The second kappa shape index (κ2) is 7.62. The van der Waals surface area contributed by atoms with Crippen molar-refractivity contribution in [3.63, 3.8) is 0 Å². The summed E-state index contributed by atoms with van der Waals surface area (Å²) in [5, 5.41) is 3.42. The summed E-state index contributed by atoms with van der Waals surface area (Å²) in [5.41, 5.74) is 1.14. The number of benzene rings is 1. The van der Waals surface area contributed by atoms with Gasteiger partial charge >= 0.3 is 0 Å². The van der Waals surface area contributed by atoms with Crippen molar-refractivity contribution in [2.45, 2.75) is 44.6 Å². The highest BCUT2D eigenvalue weighted by Crippen LogP contribution is 2.11. The van der Waals surface area contributed by atoms with Crippen molar-refractivity contribution in [1.29, 1.82) is 0 Å². The van der Waals surface area contributed by atoms with Crippen molar-refractivity contribution in [3.05, 3.63) is 29.8 Å². The first-order chi connectivity index (χ1) is 8.99. The van der Waals surface area contributed by atoms with Crippen LogP contribution < -0.4 is 10.0 Å². The van der Waals surface area contributed by atoms with E-state index in [2.05, 4.69) is 23.9 Å². The topological polar surface area (TPSA) is 58.2 Å². The SMILES string of the molecule is CCCNC(C)Cc1ccc(S(=O)(=O)NCC)cc1. The van der Waals surface area contributed by atoms with Crippen LogP contribution in [0.25, 0.3) is 0 Å². The molecule has 0 radical (unpaired) electrons. The van der Waals surface area contributed by atoms with E-state index in [0.29, 0.717) is 17.5 Å². The fraction of sp³-hybridized carbons (Fsp3) is 0.571. The highest BCUT2D eigenvalue weighted by atomic mass is 32.2. The van der Waals surface area contributed by atoms with E-state index in [1.54, 1.807) is 19.1 Å². The van der Waals surface area contributed by atoms with Crippen molar-refractivity contribution in [3.8, 4) is 0 Å². The van der Waals surface area contributed by atoms with Gasteiger partial charge in [0.2, 0.25) is 10.0 Å². The van der Waals surface area contributed by atoms with Gasteiger partial charge in [0.1, 0.15) is 0 Å². The number of hydrogen-bond acceptors (Lipinski definition) is 3. The summed E-state index contributed by atoms with van der Waals surface area (Å²) in [5.74, 6) is 0. The zero-order valence-electron chi connectivity index (χ0n) is 11.9. The third kappa shape index (κ3) is 5.30. The van der Waals surface area contributed by atoms with Crippen LogP contribution in [0.3, 0.4) is 0 Å². The normalized spacial score (nSPS) is 13.4. The van der Waals surface area contributed by atoms with Gasteiger partial charge in [0.05, 0.1) is 4.90 Å². The summed E-state index contributed by atoms with van der Waals surface area (Å²) >= 11 is 0. The Labute approximate surface area is 116 Å². The molecule has 0 bridgehead atoms. The lowest BCUT2D eigenvalue weighted by molar-refractivity contribution is 0.543. The van der Waals surface area contributed by atoms with Gasteiger partial charge in [-0.15, -0.1) is 0 Å². The minimum Gasteiger partial charge on any atom is -0.314 e. The predicted octanol–water partition coefficient (Wildman–Crippen LogP) is 1.92. The summed E-state index contributed by atoms with van der Waals surface area (Å²) in [6.07, 6.45) is 2.02.